The molecule has 1 aromatic carbocycles. The molecule has 9 heteroatoms. The van der Waals surface area contributed by atoms with Crippen molar-refractivity contribution in [1.82, 2.24) is 0 Å². The van der Waals surface area contributed by atoms with Gasteiger partial charge in [-0.1, -0.05) is 29.8 Å². The predicted molar refractivity (Wildman–Crippen MR) is 88.4 cm³/mol. The molecular formula is C13H9BrClNO4S2. The third-order valence-electron chi connectivity index (χ3n) is 3.39. The first-order chi connectivity index (χ1) is 10.3. The topological polar surface area (TPSA) is 74.7 Å². The number of nitrogens with zero attached hydrogens (tertiary/aromatic N) is 1. The van der Waals surface area contributed by atoms with Gasteiger partial charge in [0.2, 0.25) is 0 Å². The molecule has 0 fully saturated rings. The molecule has 0 radical (unpaired) electrons. The highest BCUT2D eigenvalue weighted by molar-refractivity contribution is 9.10. The molecule has 1 unspecified atom stereocenters. The molecule has 1 aliphatic rings. The Hall–Kier alpha value is -1.09. The van der Waals surface area contributed by atoms with Crippen molar-refractivity contribution < 1.29 is 18.3 Å². The Balaban J connectivity index is 2.11. The SMILES string of the molecule is O=C(O)C1CN(S(=O)(=O)c2cc(Br)c(Cl)s2)c2ccccc21. The van der Waals surface area contributed by atoms with E-state index in [2.05, 4.69) is 15.9 Å². The molecule has 1 aliphatic heterocycles. The number of carboxylic acid groups (broad SMARTS) is 1. The standard InChI is InChI=1S/C13H9BrClNO4S2/c14-9-5-11(21-12(9)15)22(19,20)16-6-8(13(17)18)7-3-1-2-4-10(7)16/h1-5,8H,6H2,(H,17,18). The second kappa shape index (κ2) is 5.52. The number of halogens is 2. The lowest BCUT2D eigenvalue weighted by Crippen LogP contribution is -2.30. The molecule has 2 heterocycles. The molecular weight excluding hydrogens is 414 g/mol. The summed E-state index contributed by atoms with van der Waals surface area (Å²) in [5.41, 5.74) is 0.899. The van der Waals surface area contributed by atoms with Crippen LogP contribution in [0.3, 0.4) is 0 Å². The second-order valence-electron chi connectivity index (χ2n) is 4.67. The Morgan fingerprint density at radius 1 is 1.41 bits per heavy atom. The number of rotatable bonds is 3. The molecule has 0 saturated carbocycles. The minimum atomic E-state index is -3.85. The van der Waals surface area contributed by atoms with Crippen molar-refractivity contribution in [2.45, 2.75) is 10.1 Å². The van der Waals surface area contributed by atoms with Crippen LogP contribution in [0, 0.1) is 0 Å². The molecule has 1 atom stereocenters. The normalized spacial score (nSPS) is 17.5. The summed E-state index contributed by atoms with van der Waals surface area (Å²) in [6.07, 6.45) is 0. The zero-order chi connectivity index (χ0) is 16.1. The number of sulfonamides is 1. The highest BCUT2D eigenvalue weighted by Crippen LogP contribution is 2.42. The first-order valence-electron chi connectivity index (χ1n) is 6.11. The Kier molecular flexibility index (Phi) is 3.96. The molecule has 0 amide bonds. The minimum absolute atomic E-state index is 0.0743. The van der Waals surface area contributed by atoms with Crippen LogP contribution >= 0.6 is 38.9 Å². The van der Waals surface area contributed by atoms with Crippen LogP contribution in [0.4, 0.5) is 5.69 Å². The van der Waals surface area contributed by atoms with Gasteiger partial charge in [0.05, 0.1) is 12.2 Å². The number of anilines is 1. The predicted octanol–water partition coefficient (Wildman–Crippen LogP) is 3.54. The number of carboxylic acids is 1. The summed E-state index contributed by atoms with van der Waals surface area (Å²) in [5.74, 6) is -1.92. The quantitative estimate of drug-likeness (QED) is 0.821. The molecule has 1 aromatic heterocycles. The van der Waals surface area contributed by atoms with E-state index in [4.69, 9.17) is 11.6 Å². The van der Waals surface area contributed by atoms with Gasteiger partial charge in [-0.2, -0.15) is 0 Å². The summed E-state index contributed by atoms with van der Waals surface area (Å²) < 4.78 is 27.6. The number of para-hydroxylation sites is 1. The summed E-state index contributed by atoms with van der Waals surface area (Å²) in [7, 11) is -3.85. The van der Waals surface area contributed by atoms with Crippen molar-refractivity contribution in [2.75, 3.05) is 10.8 Å². The third kappa shape index (κ3) is 2.44. The molecule has 5 nitrogen and oxygen atoms in total. The average Bonchev–Trinajstić information content (AvgIpc) is 3.01. The number of benzene rings is 1. The van der Waals surface area contributed by atoms with Gasteiger partial charge in [0.25, 0.3) is 10.0 Å². The largest absolute Gasteiger partial charge is 0.481 e. The lowest BCUT2D eigenvalue weighted by atomic mass is 10.0. The highest BCUT2D eigenvalue weighted by atomic mass is 79.9. The van der Waals surface area contributed by atoms with E-state index >= 15 is 0 Å². The third-order valence-corrected chi connectivity index (χ3v) is 8.10. The Labute approximate surface area is 144 Å². The zero-order valence-corrected chi connectivity index (χ0v) is 14.8. The van der Waals surface area contributed by atoms with Gasteiger partial charge < -0.3 is 5.11 Å². The number of hydrogen-bond acceptors (Lipinski definition) is 4. The number of carbonyl (C=O) groups is 1. The number of thiophene rings is 1. The molecule has 22 heavy (non-hydrogen) atoms. The van der Waals surface area contributed by atoms with Gasteiger partial charge in [0.15, 0.2) is 0 Å². The number of hydrogen-bond donors (Lipinski definition) is 1. The van der Waals surface area contributed by atoms with Crippen molar-refractivity contribution in [1.29, 1.82) is 0 Å². The van der Waals surface area contributed by atoms with Gasteiger partial charge in [0.1, 0.15) is 14.5 Å². The van der Waals surface area contributed by atoms with E-state index in [0.717, 1.165) is 15.6 Å². The summed E-state index contributed by atoms with van der Waals surface area (Å²) >= 11 is 10.0. The van der Waals surface area contributed by atoms with Gasteiger partial charge in [-0.05, 0) is 33.6 Å². The summed E-state index contributed by atoms with van der Waals surface area (Å²) in [6, 6.07) is 8.06. The van der Waals surface area contributed by atoms with Crippen LogP contribution in [0.15, 0.2) is 39.0 Å². The minimum Gasteiger partial charge on any atom is -0.481 e. The van der Waals surface area contributed by atoms with Crippen LogP contribution < -0.4 is 4.31 Å². The Bertz CT molecular complexity index is 845. The van der Waals surface area contributed by atoms with E-state index in [1.54, 1.807) is 24.3 Å². The van der Waals surface area contributed by atoms with Crippen molar-refractivity contribution in [2.24, 2.45) is 0 Å². The molecule has 0 bridgehead atoms. The fourth-order valence-corrected chi connectivity index (χ4v) is 6.29. The monoisotopic (exact) mass is 421 g/mol. The van der Waals surface area contributed by atoms with E-state index < -0.39 is 21.9 Å². The lowest BCUT2D eigenvalue weighted by Gasteiger charge is -2.18. The van der Waals surface area contributed by atoms with Crippen molar-refractivity contribution in [3.63, 3.8) is 0 Å². The van der Waals surface area contributed by atoms with Crippen LogP contribution in [0.2, 0.25) is 4.34 Å². The summed E-state index contributed by atoms with van der Waals surface area (Å²) in [4.78, 5) is 11.4. The van der Waals surface area contributed by atoms with Gasteiger partial charge in [-0.3, -0.25) is 9.10 Å². The molecule has 0 aliphatic carbocycles. The van der Waals surface area contributed by atoms with Gasteiger partial charge in [-0.15, -0.1) is 11.3 Å². The molecule has 0 saturated heterocycles. The van der Waals surface area contributed by atoms with E-state index in [9.17, 15) is 18.3 Å². The van der Waals surface area contributed by atoms with Crippen LogP contribution in [-0.4, -0.2) is 26.0 Å². The highest BCUT2D eigenvalue weighted by Gasteiger charge is 2.40. The van der Waals surface area contributed by atoms with Crippen LogP contribution in [0.5, 0.6) is 0 Å². The fourth-order valence-electron chi connectivity index (χ4n) is 2.37. The number of aliphatic carboxylic acids is 1. The molecule has 116 valence electrons. The maximum absolute atomic E-state index is 12.8. The van der Waals surface area contributed by atoms with Crippen LogP contribution in [-0.2, 0) is 14.8 Å². The van der Waals surface area contributed by atoms with Crippen molar-refractivity contribution >= 4 is 60.5 Å². The first kappa shape index (κ1) is 15.8. The maximum Gasteiger partial charge on any atom is 0.312 e. The molecule has 2 aromatic rings. The Morgan fingerprint density at radius 2 is 2.09 bits per heavy atom. The van der Waals surface area contributed by atoms with Gasteiger partial charge >= 0.3 is 5.97 Å². The fraction of sp³-hybridized carbons (Fsp3) is 0.154. The molecule has 3 rings (SSSR count). The smallest absolute Gasteiger partial charge is 0.312 e. The summed E-state index contributed by atoms with van der Waals surface area (Å²) in [6.45, 7) is -0.121. The van der Waals surface area contributed by atoms with E-state index in [-0.39, 0.29) is 10.8 Å². The number of fused-ring (bicyclic) bond motifs is 1. The van der Waals surface area contributed by atoms with Crippen molar-refractivity contribution in [3.05, 3.63) is 44.7 Å². The van der Waals surface area contributed by atoms with E-state index in [1.165, 1.54) is 6.07 Å². The first-order valence-corrected chi connectivity index (χ1v) is 9.54. The average molecular weight is 423 g/mol. The van der Waals surface area contributed by atoms with E-state index in [1.807, 2.05) is 0 Å². The van der Waals surface area contributed by atoms with Gasteiger partial charge in [-0.25, -0.2) is 8.42 Å². The van der Waals surface area contributed by atoms with Gasteiger partial charge in [0, 0.05) is 4.47 Å². The Morgan fingerprint density at radius 3 is 2.68 bits per heavy atom. The van der Waals surface area contributed by atoms with Crippen LogP contribution in [0.1, 0.15) is 11.5 Å². The second-order valence-corrected chi connectivity index (χ2v) is 9.27. The zero-order valence-electron chi connectivity index (χ0n) is 10.9. The van der Waals surface area contributed by atoms with Crippen LogP contribution in [0.25, 0.3) is 0 Å². The molecule has 0 spiro atoms. The summed E-state index contributed by atoms with van der Waals surface area (Å²) in [5, 5.41) is 9.31. The van der Waals surface area contributed by atoms with Crippen molar-refractivity contribution in [3.8, 4) is 0 Å². The lowest BCUT2D eigenvalue weighted by molar-refractivity contribution is -0.138. The molecule has 1 N–H and O–H groups in total. The van der Waals surface area contributed by atoms with E-state index in [0.29, 0.717) is 20.1 Å². The maximum atomic E-state index is 12.8.